The number of pyridine rings is 1. The van der Waals surface area contributed by atoms with E-state index in [0.29, 0.717) is 30.9 Å². The molecule has 0 atom stereocenters. The van der Waals surface area contributed by atoms with Crippen LogP contribution in [0.25, 0.3) is 22.3 Å². The van der Waals surface area contributed by atoms with Gasteiger partial charge in [0.25, 0.3) is 0 Å². The summed E-state index contributed by atoms with van der Waals surface area (Å²) in [7, 11) is 0. The van der Waals surface area contributed by atoms with E-state index < -0.39 is 0 Å². The number of morpholine rings is 1. The summed E-state index contributed by atoms with van der Waals surface area (Å²) in [6.07, 6.45) is 7.41. The average molecular weight is 416 g/mol. The van der Waals surface area contributed by atoms with Crippen LogP contribution in [0.15, 0.2) is 48.9 Å². The van der Waals surface area contributed by atoms with Crippen LogP contribution in [0.2, 0.25) is 0 Å². The van der Waals surface area contributed by atoms with Crippen LogP contribution in [0.4, 0.5) is 11.9 Å². The van der Waals surface area contributed by atoms with Gasteiger partial charge in [-0.05, 0) is 30.5 Å². The van der Waals surface area contributed by atoms with Gasteiger partial charge in [-0.25, -0.2) is 0 Å². The van der Waals surface area contributed by atoms with Crippen LogP contribution in [0.1, 0.15) is 12.0 Å². The third-order valence-electron chi connectivity index (χ3n) is 5.29. The number of anilines is 2. The number of rotatable bonds is 7. The van der Waals surface area contributed by atoms with Gasteiger partial charge in [-0.1, -0.05) is 18.2 Å². The van der Waals surface area contributed by atoms with Crippen molar-refractivity contribution in [2.75, 3.05) is 43.1 Å². The summed E-state index contributed by atoms with van der Waals surface area (Å²) in [5, 5.41) is 11.6. The SMILES string of the molecule is c1cncc(CCCNc2nc(-c3cccc4[nH]ncc34)nc(N3CCOCC3)n2)c1. The van der Waals surface area contributed by atoms with Crippen LogP contribution < -0.4 is 10.2 Å². The fourth-order valence-corrected chi connectivity index (χ4v) is 3.67. The third kappa shape index (κ3) is 4.46. The van der Waals surface area contributed by atoms with E-state index in [0.717, 1.165) is 48.9 Å². The molecule has 1 aliphatic heterocycles. The van der Waals surface area contributed by atoms with Crippen LogP contribution in [0.3, 0.4) is 0 Å². The normalized spacial score (nSPS) is 14.1. The molecule has 5 rings (SSSR count). The van der Waals surface area contributed by atoms with Gasteiger partial charge in [-0.15, -0.1) is 0 Å². The Morgan fingerprint density at radius 2 is 1.97 bits per heavy atom. The first-order valence-corrected chi connectivity index (χ1v) is 10.5. The highest BCUT2D eigenvalue weighted by molar-refractivity contribution is 5.92. The summed E-state index contributed by atoms with van der Waals surface area (Å²) in [4.78, 5) is 20.5. The van der Waals surface area contributed by atoms with Crippen molar-refractivity contribution >= 4 is 22.8 Å². The molecular formula is C22H24N8O. The zero-order valence-corrected chi connectivity index (χ0v) is 17.2. The topological polar surface area (TPSA) is 105 Å². The van der Waals surface area contributed by atoms with Crippen LogP contribution in [0, 0.1) is 0 Å². The number of aromatic amines is 1. The van der Waals surface area contributed by atoms with Crippen molar-refractivity contribution in [3.8, 4) is 11.4 Å². The Hall–Kier alpha value is -3.59. The molecule has 2 N–H and O–H groups in total. The molecule has 0 aliphatic carbocycles. The van der Waals surface area contributed by atoms with Crippen LogP contribution in [0.5, 0.6) is 0 Å². The van der Waals surface area contributed by atoms with Gasteiger partial charge in [-0.3, -0.25) is 10.1 Å². The summed E-state index contributed by atoms with van der Waals surface area (Å²) < 4.78 is 5.49. The zero-order chi connectivity index (χ0) is 20.9. The average Bonchev–Trinajstić information content (AvgIpc) is 3.32. The Bertz CT molecular complexity index is 1140. The number of ether oxygens (including phenoxy) is 1. The predicted molar refractivity (Wildman–Crippen MR) is 119 cm³/mol. The highest BCUT2D eigenvalue weighted by Gasteiger charge is 2.18. The number of aryl methyl sites for hydroxylation is 1. The van der Waals surface area contributed by atoms with Crippen LogP contribution >= 0.6 is 0 Å². The number of fused-ring (bicyclic) bond motifs is 1. The molecule has 1 aliphatic rings. The van der Waals surface area contributed by atoms with E-state index in [1.54, 1.807) is 6.20 Å². The number of hydrogen-bond donors (Lipinski definition) is 2. The predicted octanol–water partition coefficient (Wildman–Crippen LogP) is 2.69. The fourth-order valence-electron chi connectivity index (χ4n) is 3.67. The first kappa shape index (κ1) is 19.4. The van der Waals surface area contributed by atoms with E-state index >= 15 is 0 Å². The summed E-state index contributed by atoms with van der Waals surface area (Å²) in [5.74, 6) is 1.89. The number of H-pyrrole nitrogens is 1. The number of nitrogens with zero attached hydrogens (tertiary/aromatic N) is 6. The van der Waals surface area contributed by atoms with Gasteiger partial charge in [0.15, 0.2) is 5.82 Å². The van der Waals surface area contributed by atoms with Gasteiger partial charge in [-0.2, -0.15) is 20.1 Å². The Labute approximate surface area is 179 Å². The highest BCUT2D eigenvalue weighted by Crippen LogP contribution is 2.27. The maximum Gasteiger partial charge on any atom is 0.230 e. The molecule has 0 spiro atoms. The summed E-state index contributed by atoms with van der Waals surface area (Å²) in [5.41, 5.74) is 3.11. The molecule has 31 heavy (non-hydrogen) atoms. The number of benzene rings is 1. The molecule has 3 aromatic heterocycles. The van der Waals surface area contributed by atoms with E-state index in [2.05, 4.69) is 31.5 Å². The molecule has 1 saturated heterocycles. The van der Waals surface area contributed by atoms with Crippen molar-refractivity contribution in [1.82, 2.24) is 30.1 Å². The van der Waals surface area contributed by atoms with Gasteiger partial charge in [0.05, 0.1) is 24.9 Å². The molecule has 0 amide bonds. The largest absolute Gasteiger partial charge is 0.378 e. The Kier molecular flexibility index (Phi) is 5.66. The van der Waals surface area contributed by atoms with Crippen molar-refractivity contribution < 1.29 is 4.74 Å². The van der Waals surface area contributed by atoms with Crippen molar-refractivity contribution in [3.63, 3.8) is 0 Å². The fraction of sp³-hybridized carbons (Fsp3) is 0.318. The molecule has 0 bridgehead atoms. The maximum atomic E-state index is 5.49. The third-order valence-corrected chi connectivity index (χ3v) is 5.29. The first-order valence-electron chi connectivity index (χ1n) is 10.5. The standard InChI is InChI=1S/C22H24N8O/c1-6-17(18-15-25-29-19(18)7-1)20-26-21(24-9-3-5-16-4-2-8-23-14-16)28-22(27-20)30-10-12-31-13-11-30/h1-2,4,6-8,14-15H,3,5,9-13H2,(H,25,29)(H,24,26,27,28). The first-order chi connectivity index (χ1) is 15.4. The second kappa shape index (κ2) is 9.05. The Balaban J connectivity index is 1.40. The van der Waals surface area contributed by atoms with E-state index in [1.807, 2.05) is 36.7 Å². The van der Waals surface area contributed by atoms with Gasteiger partial charge in [0, 0.05) is 43.0 Å². The molecule has 4 heterocycles. The monoisotopic (exact) mass is 416 g/mol. The lowest BCUT2D eigenvalue weighted by atomic mass is 10.1. The lowest BCUT2D eigenvalue weighted by Gasteiger charge is -2.27. The molecule has 0 unspecified atom stereocenters. The van der Waals surface area contributed by atoms with Crippen molar-refractivity contribution in [3.05, 3.63) is 54.5 Å². The van der Waals surface area contributed by atoms with Gasteiger partial charge >= 0.3 is 0 Å². The van der Waals surface area contributed by atoms with Gasteiger partial charge < -0.3 is 15.0 Å². The summed E-state index contributed by atoms with van der Waals surface area (Å²) in [6, 6.07) is 10.0. The lowest BCUT2D eigenvalue weighted by molar-refractivity contribution is 0.122. The zero-order valence-electron chi connectivity index (χ0n) is 17.2. The van der Waals surface area contributed by atoms with E-state index in [9.17, 15) is 0 Å². The van der Waals surface area contributed by atoms with Gasteiger partial charge in [0.2, 0.25) is 11.9 Å². The number of aromatic nitrogens is 6. The number of nitrogens with one attached hydrogen (secondary N) is 2. The van der Waals surface area contributed by atoms with Crippen molar-refractivity contribution in [2.45, 2.75) is 12.8 Å². The maximum absolute atomic E-state index is 5.49. The highest BCUT2D eigenvalue weighted by atomic mass is 16.5. The minimum atomic E-state index is 0.582. The Morgan fingerprint density at radius 1 is 1.03 bits per heavy atom. The lowest BCUT2D eigenvalue weighted by Crippen LogP contribution is -2.37. The minimum absolute atomic E-state index is 0.582. The quantitative estimate of drug-likeness (QED) is 0.443. The molecule has 1 fully saturated rings. The molecule has 158 valence electrons. The van der Waals surface area contributed by atoms with Gasteiger partial charge in [0.1, 0.15) is 0 Å². The molecule has 9 nitrogen and oxygen atoms in total. The second-order valence-corrected chi connectivity index (χ2v) is 7.41. The van der Waals surface area contributed by atoms with Crippen molar-refractivity contribution in [1.29, 1.82) is 0 Å². The molecule has 1 aromatic carbocycles. The van der Waals surface area contributed by atoms with E-state index in [1.165, 1.54) is 5.56 Å². The molecule has 4 aromatic rings. The van der Waals surface area contributed by atoms with Crippen LogP contribution in [-0.4, -0.2) is 63.0 Å². The van der Waals surface area contributed by atoms with E-state index in [-0.39, 0.29) is 0 Å². The van der Waals surface area contributed by atoms with Crippen molar-refractivity contribution in [2.24, 2.45) is 0 Å². The van der Waals surface area contributed by atoms with Crippen LogP contribution in [-0.2, 0) is 11.2 Å². The summed E-state index contributed by atoms with van der Waals surface area (Å²) >= 11 is 0. The number of hydrogen-bond acceptors (Lipinski definition) is 8. The second-order valence-electron chi connectivity index (χ2n) is 7.41. The molecular weight excluding hydrogens is 392 g/mol. The summed E-state index contributed by atoms with van der Waals surface area (Å²) in [6.45, 7) is 3.63. The molecule has 0 radical (unpaired) electrons. The minimum Gasteiger partial charge on any atom is -0.378 e. The smallest absolute Gasteiger partial charge is 0.230 e. The molecule has 9 heteroatoms. The molecule has 0 saturated carbocycles. The Morgan fingerprint density at radius 3 is 2.84 bits per heavy atom. The van der Waals surface area contributed by atoms with E-state index in [4.69, 9.17) is 19.7 Å².